The zero-order valence-corrected chi connectivity index (χ0v) is 49.3. The SMILES string of the molecule is C=CC(NCCCCc1ccc(OCCOCCOC(=O)NC(CCCC(NC(=O)OCCOCCOc2ccc(CCCCN=C(CC)NC(=O)c3nc(Cl)c(N)nc3N)cc2)C(=O)OC)C(=O)OC)cc1)NC(=O)c1nc(Cl)c(N)nc1N. The van der Waals surface area contributed by atoms with Gasteiger partial charge in [0.05, 0.1) is 46.8 Å². The van der Waals surface area contributed by atoms with Gasteiger partial charge in [0.15, 0.2) is 45.0 Å². The van der Waals surface area contributed by atoms with Crippen molar-refractivity contribution in [2.45, 2.75) is 89.4 Å². The van der Waals surface area contributed by atoms with Crippen molar-refractivity contribution in [3.8, 4) is 11.5 Å². The van der Waals surface area contributed by atoms with Crippen molar-refractivity contribution >= 4 is 88.2 Å². The molecule has 0 aliphatic rings. The number of ether oxygens (including phenoxy) is 8. The monoisotopic (exact) mass is 1230 g/mol. The maximum atomic E-state index is 12.6. The Morgan fingerprint density at radius 2 is 1.05 bits per heavy atom. The van der Waals surface area contributed by atoms with E-state index < -0.39 is 54.2 Å². The number of aryl methyl sites for hydroxylation is 2. The van der Waals surface area contributed by atoms with Crippen LogP contribution >= 0.6 is 23.2 Å². The molecule has 28 nitrogen and oxygen atoms in total. The van der Waals surface area contributed by atoms with Crippen LogP contribution in [0.3, 0.4) is 0 Å². The third kappa shape index (κ3) is 26.0. The lowest BCUT2D eigenvalue weighted by Crippen LogP contribution is -2.44. The number of alkyl carbamates (subject to hydrolysis) is 2. The number of nitrogens with one attached hydrogen (secondary N) is 5. The minimum Gasteiger partial charge on any atom is -0.491 e. The normalized spacial score (nSPS) is 12.2. The zero-order valence-electron chi connectivity index (χ0n) is 47.8. The summed E-state index contributed by atoms with van der Waals surface area (Å²) in [5, 5.41) is 13.3. The number of amidine groups is 1. The zero-order chi connectivity index (χ0) is 61.9. The van der Waals surface area contributed by atoms with Gasteiger partial charge >= 0.3 is 24.1 Å². The Labute approximate surface area is 502 Å². The predicted octanol–water partition coefficient (Wildman–Crippen LogP) is 4.51. The van der Waals surface area contributed by atoms with E-state index in [0.717, 1.165) is 63.9 Å². The van der Waals surface area contributed by atoms with Crippen LogP contribution in [0.1, 0.15) is 90.4 Å². The summed E-state index contributed by atoms with van der Waals surface area (Å²) in [7, 11) is 2.33. The number of rotatable bonds is 38. The number of aromatic nitrogens is 4. The number of hydrogen-bond donors (Lipinski definition) is 9. The van der Waals surface area contributed by atoms with Crippen molar-refractivity contribution in [2.24, 2.45) is 4.99 Å². The fourth-order valence-corrected chi connectivity index (χ4v) is 7.88. The number of halogens is 2. The Bertz CT molecular complexity index is 2820. The van der Waals surface area contributed by atoms with E-state index in [-0.39, 0.29) is 117 Å². The van der Waals surface area contributed by atoms with Crippen LogP contribution in [-0.4, -0.2) is 160 Å². The second-order valence-corrected chi connectivity index (χ2v) is 19.0. The molecule has 0 bridgehead atoms. The molecule has 4 rings (SSSR count). The molecule has 0 aliphatic carbocycles. The van der Waals surface area contributed by atoms with Gasteiger partial charge in [0.25, 0.3) is 11.8 Å². The first kappa shape index (κ1) is 69.2. The summed E-state index contributed by atoms with van der Waals surface area (Å²) in [5.74, 6) is -1.23. The van der Waals surface area contributed by atoms with E-state index in [1.807, 2.05) is 55.5 Å². The summed E-state index contributed by atoms with van der Waals surface area (Å²) in [5.41, 5.74) is 24.7. The van der Waals surface area contributed by atoms with Gasteiger partial charge in [-0.15, -0.1) is 0 Å². The molecule has 85 heavy (non-hydrogen) atoms. The highest BCUT2D eigenvalue weighted by Gasteiger charge is 2.27. The molecule has 3 unspecified atom stereocenters. The number of carbonyl (C=O) groups is 6. The Hall–Kier alpha value is -8.31. The number of carbonyl (C=O) groups excluding carboxylic acids is 6. The summed E-state index contributed by atoms with van der Waals surface area (Å²) in [6.07, 6.45) is 4.93. The third-order valence-electron chi connectivity index (χ3n) is 12.1. The molecule has 13 N–H and O–H groups in total. The van der Waals surface area contributed by atoms with E-state index in [1.54, 1.807) is 6.08 Å². The third-order valence-corrected chi connectivity index (χ3v) is 12.6. The van der Waals surface area contributed by atoms with Crippen LogP contribution in [0.25, 0.3) is 0 Å². The van der Waals surface area contributed by atoms with E-state index in [2.05, 4.69) is 58.1 Å². The van der Waals surface area contributed by atoms with Gasteiger partial charge in [-0.1, -0.05) is 67.0 Å². The van der Waals surface area contributed by atoms with E-state index in [9.17, 15) is 28.8 Å². The number of nitrogens with zero attached hydrogens (tertiary/aromatic N) is 5. The molecule has 3 atom stereocenters. The summed E-state index contributed by atoms with van der Waals surface area (Å²) in [4.78, 5) is 95.4. The van der Waals surface area contributed by atoms with E-state index in [0.29, 0.717) is 36.8 Å². The van der Waals surface area contributed by atoms with Gasteiger partial charge < -0.3 is 82.1 Å². The van der Waals surface area contributed by atoms with Crippen LogP contribution < -0.4 is 59.0 Å². The molecular weight excluding hydrogens is 1150 g/mol. The molecule has 0 saturated carbocycles. The van der Waals surface area contributed by atoms with Gasteiger partial charge in [-0.2, -0.15) is 0 Å². The lowest BCUT2D eigenvalue weighted by Gasteiger charge is -2.19. The number of unbranched alkanes of at least 4 members (excludes halogenated alkanes) is 2. The van der Waals surface area contributed by atoms with Crippen molar-refractivity contribution in [1.82, 2.24) is 46.5 Å². The maximum Gasteiger partial charge on any atom is 0.407 e. The molecular formula is C55H76Cl2N14O14. The molecule has 2 heterocycles. The molecule has 0 fully saturated rings. The first-order valence-electron chi connectivity index (χ1n) is 27.2. The molecule has 0 spiro atoms. The van der Waals surface area contributed by atoms with Crippen molar-refractivity contribution in [1.29, 1.82) is 0 Å². The number of nitrogen functional groups attached to an aromatic ring is 4. The first-order valence-corrected chi connectivity index (χ1v) is 28.0. The average molecular weight is 1230 g/mol. The number of anilines is 4. The van der Waals surface area contributed by atoms with Gasteiger partial charge in [0.1, 0.15) is 55.8 Å². The summed E-state index contributed by atoms with van der Waals surface area (Å²) >= 11 is 11.8. The molecule has 2 aromatic carbocycles. The van der Waals surface area contributed by atoms with Gasteiger partial charge in [0, 0.05) is 13.0 Å². The van der Waals surface area contributed by atoms with Crippen LogP contribution in [0, 0.1) is 0 Å². The first-order chi connectivity index (χ1) is 40.9. The molecule has 0 radical (unpaired) electrons. The van der Waals surface area contributed by atoms with Gasteiger partial charge in [-0.25, -0.2) is 39.1 Å². The predicted molar refractivity (Wildman–Crippen MR) is 317 cm³/mol. The minimum atomic E-state index is -1.12. The Balaban J connectivity index is 1.01. The van der Waals surface area contributed by atoms with Crippen LogP contribution in [-0.2, 0) is 50.9 Å². The van der Waals surface area contributed by atoms with Gasteiger partial charge in [0.2, 0.25) is 0 Å². The molecule has 2 aromatic heterocycles. The van der Waals surface area contributed by atoms with E-state index >= 15 is 0 Å². The molecule has 0 saturated heterocycles. The number of esters is 2. The Kier molecular flexibility index (Phi) is 31.4. The number of methoxy groups -OCH3 is 2. The second kappa shape index (κ2) is 38.5. The van der Waals surface area contributed by atoms with Gasteiger partial charge in [-0.3, -0.25) is 19.9 Å². The molecule has 0 aliphatic heterocycles. The summed E-state index contributed by atoms with van der Waals surface area (Å²) in [6, 6.07) is 13.1. The second-order valence-electron chi connectivity index (χ2n) is 18.3. The molecule has 464 valence electrons. The average Bonchev–Trinajstić information content (AvgIpc) is 3.67. The van der Waals surface area contributed by atoms with Gasteiger partial charge in [-0.05, 0) is 99.7 Å². The standard InChI is InChI=1S/C55H76Cl2N14O14/c1-5-40(66-50(72)42-46(58)70-48(60)44(56)68-42)62-24-9-7-12-34-16-20-36(21-17-34)82-30-26-80-28-32-84-54(76)64-38(52(74)78-3)14-11-15-39(53(75)79-4)65-55(77)85-33-29-81-27-31-83-37-22-18-35(19-23-37)13-8-10-25-63-41(6-2)67-51(73)43-47(59)71-49(61)45(57)69-43/h5,16-23,38-40,62H,1,6-15,24-33H2,2-4H3,(H,64,76)(H,65,77)(H,66,72)(H4,58,60,70)(H4,59,61,71)(H,63,67,73). The number of aliphatic imine (C=N–C) groups is 1. The van der Waals surface area contributed by atoms with Crippen molar-refractivity contribution in [2.75, 3.05) is 103 Å². The topological polar surface area (TPSA) is 404 Å². The van der Waals surface area contributed by atoms with Crippen LogP contribution in [0.4, 0.5) is 32.9 Å². The fourth-order valence-electron chi connectivity index (χ4n) is 7.63. The fraction of sp³-hybridized carbons (Fsp3) is 0.473. The highest BCUT2D eigenvalue weighted by Crippen LogP contribution is 2.20. The van der Waals surface area contributed by atoms with E-state index in [4.69, 9.17) is 84.0 Å². The Morgan fingerprint density at radius 1 is 0.588 bits per heavy atom. The van der Waals surface area contributed by atoms with Crippen molar-refractivity contribution in [3.63, 3.8) is 0 Å². The van der Waals surface area contributed by atoms with Crippen LogP contribution in [0.5, 0.6) is 11.5 Å². The van der Waals surface area contributed by atoms with Crippen LogP contribution in [0.15, 0.2) is 66.2 Å². The summed E-state index contributed by atoms with van der Waals surface area (Å²) < 4.78 is 42.6. The van der Waals surface area contributed by atoms with Crippen molar-refractivity contribution in [3.05, 3.63) is 94.0 Å². The highest BCUT2D eigenvalue weighted by atomic mass is 35.5. The number of nitrogens with two attached hydrogens (primary N) is 4. The number of amides is 4. The maximum absolute atomic E-state index is 12.6. The lowest BCUT2D eigenvalue weighted by atomic mass is 10.1. The number of hydrogen-bond acceptors (Lipinski definition) is 24. The largest absolute Gasteiger partial charge is 0.491 e. The van der Waals surface area contributed by atoms with Crippen LogP contribution in [0.2, 0.25) is 10.3 Å². The molecule has 4 aromatic rings. The summed E-state index contributed by atoms with van der Waals surface area (Å²) in [6.45, 7) is 7.51. The highest BCUT2D eigenvalue weighted by molar-refractivity contribution is 6.32. The molecule has 30 heteroatoms. The molecule has 4 amide bonds. The number of benzene rings is 2. The quantitative estimate of drug-likeness (QED) is 0.00566. The van der Waals surface area contributed by atoms with Crippen molar-refractivity contribution < 1.29 is 66.7 Å². The minimum absolute atomic E-state index is 0.0358. The Morgan fingerprint density at radius 3 is 1.51 bits per heavy atom. The smallest absolute Gasteiger partial charge is 0.407 e. The lowest BCUT2D eigenvalue weighted by molar-refractivity contribution is -0.143. The van der Waals surface area contributed by atoms with E-state index in [1.165, 1.54) is 0 Å².